The number of amides is 1. The highest BCUT2D eigenvalue weighted by Gasteiger charge is 2.16. The quantitative estimate of drug-likeness (QED) is 0.189. The lowest BCUT2D eigenvalue weighted by molar-refractivity contribution is -0.121. The van der Waals surface area contributed by atoms with Crippen LogP contribution >= 0.6 is 0 Å². The van der Waals surface area contributed by atoms with E-state index in [1.807, 2.05) is 24.7 Å². The van der Waals surface area contributed by atoms with Gasteiger partial charge in [0.25, 0.3) is 0 Å². The molecule has 1 amide bonds. The number of pyridine rings is 1. The fourth-order valence-electron chi connectivity index (χ4n) is 3.90. The van der Waals surface area contributed by atoms with Crippen LogP contribution in [0.25, 0.3) is 10.9 Å². The number of carbonyl (C=O) groups is 1. The molecule has 6 nitrogen and oxygen atoms in total. The van der Waals surface area contributed by atoms with E-state index in [2.05, 4.69) is 80.6 Å². The second-order valence-electron chi connectivity index (χ2n) is 8.24. The standard InChI is InChI=1S/C27H31N5OSi/c1-34-27(32-19-23-6-4-5-14-29-23)26(33)31-17-21-11-9-20(10-12-21)16-28-15-13-22-18-30-25-8-3-2-7-24(22)25/h2-12,14,18,27-28,30,32H,13,15-17,19H2,1H3,(H,31,33)/t27-/m0/s1. The van der Waals surface area contributed by atoms with Crippen LogP contribution in [0.5, 0.6) is 0 Å². The maximum absolute atomic E-state index is 12.6. The van der Waals surface area contributed by atoms with Crippen molar-refractivity contribution in [1.82, 2.24) is 25.9 Å². The summed E-state index contributed by atoms with van der Waals surface area (Å²) in [7, 11) is 0.471. The first-order valence-electron chi connectivity index (χ1n) is 11.6. The van der Waals surface area contributed by atoms with E-state index >= 15 is 0 Å². The Morgan fingerprint density at radius 2 is 1.74 bits per heavy atom. The van der Waals surface area contributed by atoms with Crippen LogP contribution in [0.4, 0.5) is 0 Å². The van der Waals surface area contributed by atoms with Crippen LogP contribution in [-0.2, 0) is 30.8 Å². The summed E-state index contributed by atoms with van der Waals surface area (Å²) in [5, 5.41) is 11.2. The molecule has 2 radical (unpaired) electrons. The third-order valence-electron chi connectivity index (χ3n) is 5.83. The molecule has 2 aromatic heterocycles. The number of H-pyrrole nitrogens is 1. The number of hydrogen-bond acceptors (Lipinski definition) is 4. The molecule has 0 saturated carbocycles. The van der Waals surface area contributed by atoms with Gasteiger partial charge in [-0.3, -0.25) is 9.78 Å². The highest BCUT2D eigenvalue weighted by Crippen LogP contribution is 2.17. The third kappa shape index (κ3) is 6.63. The topological polar surface area (TPSA) is 81.8 Å². The monoisotopic (exact) mass is 469 g/mol. The van der Waals surface area contributed by atoms with Crippen molar-refractivity contribution in [3.63, 3.8) is 0 Å². The molecule has 2 heterocycles. The van der Waals surface area contributed by atoms with Crippen LogP contribution in [0, 0.1) is 0 Å². The molecular formula is C27H31N5OSi. The maximum atomic E-state index is 12.6. The molecule has 0 bridgehead atoms. The van der Waals surface area contributed by atoms with Gasteiger partial charge in [-0.15, -0.1) is 0 Å². The van der Waals surface area contributed by atoms with Gasteiger partial charge in [0.15, 0.2) is 0 Å². The van der Waals surface area contributed by atoms with Gasteiger partial charge in [-0.05, 0) is 47.9 Å². The van der Waals surface area contributed by atoms with Gasteiger partial charge in [-0.2, -0.15) is 0 Å². The number of rotatable bonds is 12. The van der Waals surface area contributed by atoms with Crippen LogP contribution in [0.2, 0.25) is 6.55 Å². The molecule has 7 heteroatoms. The van der Waals surface area contributed by atoms with E-state index in [4.69, 9.17) is 0 Å². The van der Waals surface area contributed by atoms with Crippen molar-refractivity contribution in [2.45, 2.75) is 38.3 Å². The van der Waals surface area contributed by atoms with Crippen LogP contribution in [0.3, 0.4) is 0 Å². The molecule has 2 aromatic carbocycles. The largest absolute Gasteiger partial charge is 0.361 e. The zero-order valence-corrected chi connectivity index (χ0v) is 20.5. The summed E-state index contributed by atoms with van der Waals surface area (Å²) in [6.07, 6.45) is 4.86. The van der Waals surface area contributed by atoms with Gasteiger partial charge < -0.3 is 20.9 Å². The summed E-state index contributed by atoms with van der Waals surface area (Å²) in [6, 6.07) is 22.6. The fourth-order valence-corrected chi connectivity index (χ4v) is 4.57. The van der Waals surface area contributed by atoms with E-state index in [-0.39, 0.29) is 11.6 Å². The average Bonchev–Trinajstić information content (AvgIpc) is 3.30. The van der Waals surface area contributed by atoms with E-state index in [0.717, 1.165) is 30.8 Å². The number of aromatic nitrogens is 2. The average molecular weight is 470 g/mol. The lowest BCUT2D eigenvalue weighted by Gasteiger charge is -2.16. The normalized spacial score (nSPS) is 12.0. The molecule has 0 spiro atoms. The van der Waals surface area contributed by atoms with Crippen LogP contribution < -0.4 is 16.0 Å². The van der Waals surface area contributed by atoms with E-state index < -0.39 is 0 Å². The number of aromatic amines is 1. The van der Waals surface area contributed by atoms with Crippen molar-refractivity contribution in [2.24, 2.45) is 0 Å². The zero-order valence-electron chi connectivity index (χ0n) is 19.5. The predicted octanol–water partition coefficient (Wildman–Crippen LogP) is 3.38. The van der Waals surface area contributed by atoms with Crippen molar-refractivity contribution < 1.29 is 4.79 Å². The smallest absolute Gasteiger partial charge is 0.233 e. The maximum Gasteiger partial charge on any atom is 0.233 e. The summed E-state index contributed by atoms with van der Waals surface area (Å²) >= 11 is 0. The number of para-hydroxylation sites is 1. The van der Waals surface area contributed by atoms with Gasteiger partial charge in [-0.1, -0.05) is 55.1 Å². The fraction of sp³-hybridized carbons (Fsp3) is 0.259. The van der Waals surface area contributed by atoms with Gasteiger partial charge in [0, 0.05) is 42.9 Å². The summed E-state index contributed by atoms with van der Waals surface area (Å²) in [4.78, 5) is 20.2. The summed E-state index contributed by atoms with van der Waals surface area (Å²) in [6.45, 7) is 4.90. The molecule has 4 rings (SSSR count). The highest BCUT2D eigenvalue weighted by molar-refractivity contribution is 6.42. The van der Waals surface area contributed by atoms with E-state index in [9.17, 15) is 4.79 Å². The second-order valence-corrected chi connectivity index (χ2v) is 9.40. The molecule has 174 valence electrons. The van der Waals surface area contributed by atoms with E-state index in [0.29, 0.717) is 22.6 Å². The molecule has 0 saturated heterocycles. The minimum absolute atomic E-state index is 0.0276. The molecule has 4 N–H and O–H groups in total. The lowest BCUT2D eigenvalue weighted by atomic mass is 10.1. The minimum Gasteiger partial charge on any atom is -0.361 e. The number of hydrogen-bond donors (Lipinski definition) is 4. The first-order chi connectivity index (χ1) is 16.7. The van der Waals surface area contributed by atoms with Crippen LogP contribution in [0.15, 0.2) is 79.1 Å². The number of carbonyl (C=O) groups excluding carboxylic acids is 1. The zero-order chi connectivity index (χ0) is 23.6. The van der Waals surface area contributed by atoms with Crippen molar-refractivity contribution in [2.75, 3.05) is 6.54 Å². The molecular weight excluding hydrogens is 438 g/mol. The van der Waals surface area contributed by atoms with Gasteiger partial charge >= 0.3 is 0 Å². The Morgan fingerprint density at radius 1 is 0.971 bits per heavy atom. The Labute approximate surface area is 203 Å². The highest BCUT2D eigenvalue weighted by atomic mass is 28.2. The van der Waals surface area contributed by atoms with Gasteiger partial charge in [-0.25, -0.2) is 0 Å². The Hall–Kier alpha value is -3.26. The molecule has 1 atom stereocenters. The predicted molar refractivity (Wildman–Crippen MR) is 138 cm³/mol. The summed E-state index contributed by atoms with van der Waals surface area (Å²) in [5.74, 6) is 0.0276. The van der Waals surface area contributed by atoms with Gasteiger partial charge in [0.2, 0.25) is 5.91 Å². The molecule has 0 aliphatic carbocycles. The number of nitrogens with one attached hydrogen (secondary N) is 4. The van der Waals surface area contributed by atoms with Crippen LogP contribution in [-0.4, -0.2) is 37.6 Å². The summed E-state index contributed by atoms with van der Waals surface area (Å²) in [5.41, 5.74) is 5.59. The molecule has 0 fully saturated rings. The van der Waals surface area contributed by atoms with Gasteiger partial charge in [0.05, 0.1) is 20.9 Å². The van der Waals surface area contributed by atoms with Gasteiger partial charge in [0.1, 0.15) is 0 Å². The first kappa shape index (κ1) is 23.9. The van der Waals surface area contributed by atoms with Crippen molar-refractivity contribution in [3.05, 3.63) is 102 Å². The second kappa shape index (κ2) is 12.3. The lowest BCUT2D eigenvalue weighted by Crippen LogP contribution is -2.46. The number of fused-ring (bicyclic) bond motifs is 1. The Bertz CT molecular complexity index is 1180. The number of nitrogens with zero attached hydrogens (tertiary/aromatic N) is 1. The van der Waals surface area contributed by atoms with E-state index in [1.165, 1.54) is 22.0 Å². The van der Waals surface area contributed by atoms with Crippen molar-refractivity contribution >= 4 is 26.3 Å². The molecule has 34 heavy (non-hydrogen) atoms. The molecule has 0 aliphatic rings. The number of benzene rings is 2. The minimum atomic E-state index is -0.206. The van der Waals surface area contributed by atoms with Crippen LogP contribution in [0.1, 0.15) is 22.4 Å². The SMILES string of the molecule is C[Si][C@H](NCc1ccccn1)C(=O)NCc1ccc(CNCCc2c[nH]c3ccccc23)cc1. The molecule has 4 aromatic rings. The Kier molecular flexibility index (Phi) is 8.62. The molecule has 0 unspecified atom stereocenters. The Morgan fingerprint density at radius 3 is 2.50 bits per heavy atom. The summed E-state index contributed by atoms with van der Waals surface area (Å²) < 4.78 is 0. The third-order valence-corrected chi connectivity index (χ3v) is 6.87. The van der Waals surface area contributed by atoms with E-state index in [1.54, 1.807) is 6.20 Å². The van der Waals surface area contributed by atoms with Crippen molar-refractivity contribution in [3.8, 4) is 0 Å². The van der Waals surface area contributed by atoms with Crippen molar-refractivity contribution in [1.29, 1.82) is 0 Å². The first-order valence-corrected chi connectivity index (χ1v) is 13.2. The Balaban J connectivity index is 1.17. The molecule has 0 aliphatic heterocycles.